The highest BCUT2D eigenvalue weighted by atomic mass is 16.3. The van der Waals surface area contributed by atoms with Crippen LogP contribution in [0.15, 0.2) is 36.9 Å². The number of hydrogen-bond acceptors (Lipinski definition) is 5. The average Bonchev–Trinajstić information content (AvgIpc) is 2.34. The van der Waals surface area contributed by atoms with Gasteiger partial charge < -0.3 is 15.5 Å². The molecule has 2 aromatic rings. The number of para-hydroxylation sites is 1. The second kappa shape index (κ2) is 4.48. The number of aromatic hydroxyl groups is 2. The number of benzene rings is 1. The number of nitrogens with zero attached hydrogens (tertiary/aromatic N) is 2. The Balaban J connectivity index is 2.24. The Morgan fingerprint density at radius 2 is 1.88 bits per heavy atom. The molecule has 0 bridgehead atoms. The van der Waals surface area contributed by atoms with Crippen LogP contribution in [0.25, 0.3) is 0 Å². The number of carbonyl (C=O) groups excluding carboxylic acids is 1. The molecular weight excluding hydrogens is 222 g/mol. The maximum atomic E-state index is 11.7. The maximum absolute atomic E-state index is 11.7. The van der Waals surface area contributed by atoms with Crippen molar-refractivity contribution < 1.29 is 15.0 Å². The van der Waals surface area contributed by atoms with E-state index >= 15 is 0 Å². The van der Waals surface area contributed by atoms with Crippen molar-refractivity contribution in [2.75, 3.05) is 5.32 Å². The Bertz CT molecular complexity index is 543. The van der Waals surface area contributed by atoms with E-state index < -0.39 is 11.7 Å². The highest BCUT2D eigenvalue weighted by Gasteiger charge is 2.13. The van der Waals surface area contributed by atoms with E-state index in [9.17, 15) is 15.0 Å². The smallest absolute Gasteiger partial charge is 0.259 e. The average molecular weight is 231 g/mol. The van der Waals surface area contributed by atoms with Crippen LogP contribution in [0.2, 0.25) is 0 Å². The number of phenols is 2. The summed E-state index contributed by atoms with van der Waals surface area (Å²) in [5.74, 6) is -1.35. The van der Waals surface area contributed by atoms with Gasteiger partial charge in [-0.1, -0.05) is 6.07 Å². The number of phenolic OH excluding ortho intramolecular Hbond substituents is 2. The van der Waals surface area contributed by atoms with Gasteiger partial charge >= 0.3 is 0 Å². The maximum Gasteiger partial charge on any atom is 0.259 e. The fourth-order valence-electron chi connectivity index (χ4n) is 1.28. The van der Waals surface area contributed by atoms with Gasteiger partial charge in [0, 0.05) is 0 Å². The fourth-order valence-corrected chi connectivity index (χ4v) is 1.28. The molecule has 6 heteroatoms. The van der Waals surface area contributed by atoms with Gasteiger partial charge in [0.25, 0.3) is 5.91 Å². The van der Waals surface area contributed by atoms with Gasteiger partial charge in [0.2, 0.25) is 0 Å². The summed E-state index contributed by atoms with van der Waals surface area (Å²) in [7, 11) is 0. The fraction of sp³-hybridized carbons (Fsp3) is 0. The lowest BCUT2D eigenvalue weighted by molar-refractivity contribution is 0.102. The molecule has 0 aliphatic rings. The van der Waals surface area contributed by atoms with E-state index in [1.807, 2.05) is 0 Å². The zero-order valence-electron chi connectivity index (χ0n) is 8.66. The van der Waals surface area contributed by atoms with Gasteiger partial charge in [-0.25, -0.2) is 9.97 Å². The first-order valence-electron chi connectivity index (χ1n) is 4.76. The Labute approximate surface area is 96.6 Å². The van der Waals surface area contributed by atoms with Crippen molar-refractivity contribution in [3.05, 3.63) is 42.5 Å². The molecule has 6 nitrogen and oxygen atoms in total. The van der Waals surface area contributed by atoms with Crippen molar-refractivity contribution in [3.63, 3.8) is 0 Å². The summed E-state index contributed by atoms with van der Waals surface area (Å²) in [4.78, 5) is 19.2. The van der Waals surface area contributed by atoms with Crippen LogP contribution in [-0.2, 0) is 0 Å². The first-order chi connectivity index (χ1) is 8.18. The summed E-state index contributed by atoms with van der Waals surface area (Å²) < 4.78 is 0. The third-order valence-corrected chi connectivity index (χ3v) is 2.08. The minimum Gasteiger partial charge on any atom is -0.504 e. The van der Waals surface area contributed by atoms with Gasteiger partial charge in [-0.3, -0.25) is 4.79 Å². The molecule has 0 aliphatic carbocycles. The molecule has 0 fully saturated rings. The third kappa shape index (κ3) is 2.31. The molecule has 0 radical (unpaired) electrons. The lowest BCUT2D eigenvalue weighted by Crippen LogP contribution is -2.12. The van der Waals surface area contributed by atoms with Crippen molar-refractivity contribution in [1.82, 2.24) is 9.97 Å². The van der Waals surface area contributed by atoms with E-state index in [4.69, 9.17) is 0 Å². The summed E-state index contributed by atoms with van der Waals surface area (Å²) in [5, 5.41) is 21.3. The topological polar surface area (TPSA) is 95.3 Å². The van der Waals surface area contributed by atoms with Crippen LogP contribution in [-0.4, -0.2) is 26.1 Å². The molecule has 1 amide bonds. The number of nitrogens with one attached hydrogen (secondary N) is 1. The minimum atomic E-state index is -0.548. The molecular formula is C11H9N3O3. The summed E-state index contributed by atoms with van der Waals surface area (Å²) >= 11 is 0. The van der Waals surface area contributed by atoms with E-state index in [2.05, 4.69) is 15.3 Å². The number of amides is 1. The van der Waals surface area contributed by atoms with Crippen LogP contribution in [0.5, 0.6) is 11.5 Å². The van der Waals surface area contributed by atoms with Crippen LogP contribution in [0, 0.1) is 0 Å². The lowest BCUT2D eigenvalue weighted by atomic mass is 10.1. The zero-order chi connectivity index (χ0) is 12.3. The normalized spacial score (nSPS) is 9.88. The van der Waals surface area contributed by atoms with E-state index in [0.717, 1.165) is 0 Å². The third-order valence-electron chi connectivity index (χ3n) is 2.08. The summed E-state index contributed by atoms with van der Waals surface area (Å²) in [6.45, 7) is 0. The van der Waals surface area contributed by atoms with Crippen molar-refractivity contribution in [3.8, 4) is 11.5 Å². The SMILES string of the molecule is O=C(Nc1cncnc1)c1cccc(O)c1O. The van der Waals surface area contributed by atoms with Gasteiger partial charge in [0.15, 0.2) is 11.5 Å². The standard InChI is InChI=1S/C11H9N3O3/c15-9-3-1-2-8(10(9)16)11(17)14-7-4-12-6-13-5-7/h1-6,15-16H,(H,14,17). The Morgan fingerprint density at radius 1 is 1.18 bits per heavy atom. The second-order valence-corrected chi connectivity index (χ2v) is 3.25. The molecule has 0 atom stereocenters. The molecule has 0 aliphatic heterocycles. The Morgan fingerprint density at radius 3 is 2.59 bits per heavy atom. The number of rotatable bonds is 2. The molecule has 3 N–H and O–H groups in total. The highest BCUT2D eigenvalue weighted by Crippen LogP contribution is 2.28. The van der Waals surface area contributed by atoms with Crippen LogP contribution < -0.4 is 5.32 Å². The van der Waals surface area contributed by atoms with Gasteiger partial charge in [-0.15, -0.1) is 0 Å². The van der Waals surface area contributed by atoms with Crippen LogP contribution in [0.1, 0.15) is 10.4 Å². The molecule has 1 aromatic heterocycles. The second-order valence-electron chi connectivity index (χ2n) is 3.25. The molecule has 17 heavy (non-hydrogen) atoms. The molecule has 0 unspecified atom stereocenters. The van der Waals surface area contributed by atoms with E-state index in [1.165, 1.54) is 36.9 Å². The van der Waals surface area contributed by atoms with Gasteiger partial charge in [-0.05, 0) is 12.1 Å². The number of aromatic nitrogens is 2. The number of hydrogen-bond donors (Lipinski definition) is 3. The first kappa shape index (κ1) is 10.9. The number of anilines is 1. The summed E-state index contributed by atoms with van der Waals surface area (Å²) in [6.07, 6.45) is 4.18. The quantitative estimate of drug-likeness (QED) is 0.673. The van der Waals surface area contributed by atoms with Crippen LogP contribution in [0.3, 0.4) is 0 Å². The monoisotopic (exact) mass is 231 g/mol. The molecule has 0 saturated heterocycles. The zero-order valence-corrected chi connectivity index (χ0v) is 8.66. The molecule has 86 valence electrons. The summed E-state index contributed by atoms with van der Waals surface area (Å²) in [5.41, 5.74) is 0.383. The van der Waals surface area contributed by atoms with E-state index in [-0.39, 0.29) is 11.3 Å². The molecule has 0 spiro atoms. The van der Waals surface area contributed by atoms with E-state index in [0.29, 0.717) is 5.69 Å². The van der Waals surface area contributed by atoms with Gasteiger partial charge in [0.1, 0.15) is 6.33 Å². The van der Waals surface area contributed by atoms with Crippen molar-refractivity contribution >= 4 is 11.6 Å². The predicted molar refractivity (Wildman–Crippen MR) is 59.8 cm³/mol. The Kier molecular flexibility index (Phi) is 2.87. The van der Waals surface area contributed by atoms with E-state index in [1.54, 1.807) is 0 Å². The highest BCUT2D eigenvalue weighted by molar-refractivity contribution is 6.06. The lowest BCUT2D eigenvalue weighted by Gasteiger charge is -2.06. The van der Waals surface area contributed by atoms with Gasteiger partial charge in [-0.2, -0.15) is 0 Å². The molecule has 0 saturated carbocycles. The molecule has 2 rings (SSSR count). The van der Waals surface area contributed by atoms with Crippen LogP contribution >= 0.6 is 0 Å². The summed E-state index contributed by atoms with van der Waals surface area (Å²) in [6, 6.07) is 4.15. The predicted octanol–water partition coefficient (Wildman–Crippen LogP) is 1.14. The minimum absolute atomic E-state index is 0.0196. The van der Waals surface area contributed by atoms with Crippen molar-refractivity contribution in [1.29, 1.82) is 0 Å². The van der Waals surface area contributed by atoms with Crippen molar-refractivity contribution in [2.24, 2.45) is 0 Å². The molecule has 1 heterocycles. The first-order valence-corrected chi connectivity index (χ1v) is 4.76. The molecule has 1 aromatic carbocycles. The Hall–Kier alpha value is -2.63. The number of carbonyl (C=O) groups is 1. The van der Waals surface area contributed by atoms with Crippen molar-refractivity contribution in [2.45, 2.75) is 0 Å². The van der Waals surface area contributed by atoms with Crippen LogP contribution in [0.4, 0.5) is 5.69 Å². The van der Waals surface area contributed by atoms with Gasteiger partial charge in [0.05, 0.1) is 23.6 Å². The largest absolute Gasteiger partial charge is 0.504 e.